The van der Waals surface area contributed by atoms with Crippen molar-refractivity contribution in [2.75, 3.05) is 0 Å². The van der Waals surface area contributed by atoms with Crippen LogP contribution in [-0.2, 0) is 17.9 Å². The Morgan fingerprint density at radius 2 is 2.50 bits per heavy atom. The van der Waals surface area contributed by atoms with Crippen molar-refractivity contribution in [3.63, 3.8) is 0 Å². The Labute approximate surface area is 110 Å². The fourth-order valence-corrected chi connectivity index (χ4v) is 2.14. The molecule has 0 atom stereocenters. The zero-order chi connectivity index (χ0) is 11.4. The smallest absolute Gasteiger partial charge is 0.242 e. The van der Waals surface area contributed by atoms with Crippen LogP contribution in [0.2, 0.25) is 0 Å². The van der Waals surface area contributed by atoms with Crippen LogP contribution in [0.1, 0.15) is 5.01 Å². The van der Waals surface area contributed by atoms with Gasteiger partial charge in [0, 0.05) is 17.8 Å². The minimum atomic E-state index is -0.0605. The number of halogens is 1. The predicted octanol–water partition coefficient (Wildman–Crippen LogP) is 1.26. The van der Waals surface area contributed by atoms with Crippen molar-refractivity contribution in [3.05, 3.63) is 32.5 Å². The van der Waals surface area contributed by atoms with Crippen LogP contribution in [0.4, 0.5) is 0 Å². The van der Waals surface area contributed by atoms with E-state index in [9.17, 15) is 4.79 Å². The number of aromatic nitrogens is 3. The molecule has 0 saturated carbocycles. The lowest BCUT2D eigenvalue weighted by atomic mass is 10.5. The molecule has 2 aromatic heterocycles. The van der Waals surface area contributed by atoms with Crippen LogP contribution in [0.25, 0.3) is 0 Å². The van der Waals surface area contributed by atoms with Crippen molar-refractivity contribution in [2.24, 2.45) is 0 Å². The van der Waals surface area contributed by atoms with E-state index in [0.717, 1.165) is 8.58 Å². The van der Waals surface area contributed by atoms with E-state index >= 15 is 0 Å². The molecule has 0 aliphatic rings. The summed E-state index contributed by atoms with van der Waals surface area (Å²) in [7, 11) is 0. The molecule has 0 spiro atoms. The highest BCUT2D eigenvalue weighted by Crippen LogP contribution is 2.03. The third kappa shape index (κ3) is 3.27. The Balaban J connectivity index is 1.81. The van der Waals surface area contributed by atoms with Crippen LogP contribution in [0, 0.1) is 3.57 Å². The molecule has 0 aliphatic carbocycles. The van der Waals surface area contributed by atoms with Crippen molar-refractivity contribution < 1.29 is 4.79 Å². The molecular weight excluding hydrogens is 339 g/mol. The molecule has 0 aromatic carbocycles. The molecule has 0 saturated heterocycles. The first-order valence-electron chi connectivity index (χ1n) is 4.57. The molecule has 7 heteroatoms. The molecule has 16 heavy (non-hydrogen) atoms. The largest absolute Gasteiger partial charge is 0.348 e. The number of carbonyl (C=O) groups is 1. The predicted molar refractivity (Wildman–Crippen MR) is 68.9 cm³/mol. The van der Waals surface area contributed by atoms with E-state index < -0.39 is 0 Å². The van der Waals surface area contributed by atoms with Crippen molar-refractivity contribution in [1.29, 1.82) is 0 Å². The molecule has 0 bridgehead atoms. The minimum absolute atomic E-state index is 0.0605. The summed E-state index contributed by atoms with van der Waals surface area (Å²) in [5, 5.41) is 9.62. The first kappa shape index (κ1) is 11.5. The van der Waals surface area contributed by atoms with Crippen LogP contribution in [0.5, 0.6) is 0 Å². The summed E-state index contributed by atoms with van der Waals surface area (Å²) in [6.07, 6.45) is 5.26. The van der Waals surface area contributed by atoms with Gasteiger partial charge in [0.25, 0.3) is 0 Å². The van der Waals surface area contributed by atoms with Gasteiger partial charge in [-0.25, -0.2) is 4.98 Å². The standard InChI is InChI=1S/C9H9IN4OS/c10-7-3-13-14(5-7)6-8(15)12-4-9-11-1-2-16-9/h1-3,5H,4,6H2,(H,12,15). The third-order valence-corrected chi connectivity index (χ3v) is 3.16. The molecule has 0 fully saturated rings. The summed E-state index contributed by atoms with van der Waals surface area (Å²) in [6, 6.07) is 0. The third-order valence-electron chi connectivity index (χ3n) is 1.83. The topological polar surface area (TPSA) is 59.8 Å². The van der Waals surface area contributed by atoms with Gasteiger partial charge >= 0.3 is 0 Å². The van der Waals surface area contributed by atoms with Gasteiger partial charge < -0.3 is 5.32 Å². The Morgan fingerprint density at radius 3 is 3.12 bits per heavy atom. The summed E-state index contributed by atoms with van der Waals surface area (Å²) in [5.74, 6) is -0.0605. The van der Waals surface area contributed by atoms with Gasteiger partial charge in [0.05, 0.1) is 16.3 Å². The summed E-state index contributed by atoms with van der Waals surface area (Å²) < 4.78 is 2.63. The van der Waals surface area contributed by atoms with Crippen LogP contribution in [0.3, 0.4) is 0 Å². The maximum Gasteiger partial charge on any atom is 0.242 e. The number of hydrogen-bond donors (Lipinski definition) is 1. The molecule has 0 unspecified atom stereocenters. The monoisotopic (exact) mass is 348 g/mol. The van der Waals surface area contributed by atoms with Gasteiger partial charge in [-0.05, 0) is 22.6 Å². The zero-order valence-corrected chi connectivity index (χ0v) is 11.2. The highest BCUT2D eigenvalue weighted by molar-refractivity contribution is 14.1. The van der Waals surface area contributed by atoms with E-state index in [4.69, 9.17) is 0 Å². The second kappa shape index (κ2) is 5.39. The molecule has 0 aliphatic heterocycles. The molecule has 5 nitrogen and oxygen atoms in total. The minimum Gasteiger partial charge on any atom is -0.348 e. The van der Waals surface area contributed by atoms with E-state index in [-0.39, 0.29) is 12.5 Å². The fourth-order valence-electron chi connectivity index (χ4n) is 1.14. The van der Waals surface area contributed by atoms with Crippen molar-refractivity contribution in [2.45, 2.75) is 13.1 Å². The number of hydrogen-bond acceptors (Lipinski definition) is 4. The van der Waals surface area contributed by atoms with Crippen molar-refractivity contribution in [1.82, 2.24) is 20.1 Å². The molecule has 84 valence electrons. The quantitative estimate of drug-likeness (QED) is 0.847. The van der Waals surface area contributed by atoms with Crippen LogP contribution in [0.15, 0.2) is 24.0 Å². The molecule has 2 rings (SSSR count). The maximum atomic E-state index is 11.5. The van der Waals surface area contributed by atoms with Gasteiger partial charge in [-0.3, -0.25) is 9.48 Å². The second-order valence-corrected chi connectivity index (χ2v) is 5.28. The Hall–Kier alpha value is -0.960. The van der Waals surface area contributed by atoms with Gasteiger partial charge in [-0.1, -0.05) is 0 Å². The first-order chi connectivity index (χ1) is 7.74. The summed E-state index contributed by atoms with van der Waals surface area (Å²) in [4.78, 5) is 15.6. The Bertz CT molecular complexity index is 468. The number of nitrogens with one attached hydrogen (secondary N) is 1. The van der Waals surface area contributed by atoms with Crippen molar-refractivity contribution in [3.8, 4) is 0 Å². The van der Waals surface area contributed by atoms with E-state index in [1.54, 1.807) is 17.1 Å². The summed E-state index contributed by atoms with van der Waals surface area (Å²) in [6.45, 7) is 0.725. The zero-order valence-electron chi connectivity index (χ0n) is 8.26. The number of amides is 1. The lowest BCUT2D eigenvalue weighted by Crippen LogP contribution is -2.27. The lowest BCUT2D eigenvalue weighted by molar-refractivity contribution is -0.122. The van der Waals surface area contributed by atoms with Crippen LogP contribution < -0.4 is 5.32 Å². The van der Waals surface area contributed by atoms with Gasteiger partial charge in [0.15, 0.2) is 0 Å². The number of carbonyl (C=O) groups excluding carboxylic acids is 1. The average Bonchev–Trinajstić information content (AvgIpc) is 2.87. The molecule has 2 heterocycles. The van der Waals surface area contributed by atoms with Crippen molar-refractivity contribution >= 4 is 39.8 Å². The van der Waals surface area contributed by atoms with E-state index in [1.807, 2.05) is 11.6 Å². The molecule has 1 N–H and O–H groups in total. The highest BCUT2D eigenvalue weighted by Gasteiger charge is 2.04. The molecule has 1 amide bonds. The van der Waals surface area contributed by atoms with E-state index in [0.29, 0.717) is 6.54 Å². The number of rotatable bonds is 4. The van der Waals surface area contributed by atoms with Gasteiger partial charge in [0.1, 0.15) is 11.6 Å². The van der Waals surface area contributed by atoms with E-state index in [2.05, 4.69) is 38.0 Å². The SMILES string of the molecule is O=C(Cn1cc(I)cn1)NCc1nccs1. The number of thiazole rings is 1. The molecular formula is C9H9IN4OS. The fraction of sp³-hybridized carbons (Fsp3) is 0.222. The van der Waals surface area contributed by atoms with Crippen LogP contribution in [-0.4, -0.2) is 20.7 Å². The lowest BCUT2D eigenvalue weighted by Gasteiger charge is -2.02. The Kier molecular flexibility index (Phi) is 3.88. The summed E-state index contributed by atoms with van der Waals surface area (Å²) in [5.41, 5.74) is 0. The number of nitrogens with zero attached hydrogens (tertiary/aromatic N) is 3. The van der Waals surface area contributed by atoms with Gasteiger partial charge in [-0.15, -0.1) is 11.3 Å². The van der Waals surface area contributed by atoms with E-state index in [1.165, 1.54) is 11.3 Å². The van der Waals surface area contributed by atoms with Gasteiger partial charge in [-0.2, -0.15) is 5.10 Å². The second-order valence-electron chi connectivity index (χ2n) is 3.06. The highest BCUT2D eigenvalue weighted by atomic mass is 127. The average molecular weight is 348 g/mol. The molecule has 2 aromatic rings. The van der Waals surface area contributed by atoms with Crippen LogP contribution >= 0.6 is 33.9 Å². The Morgan fingerprint density at radius 1 is 1.62 bits per heavy atom. The normalized spacial score (nSPS) is 10.3. The molecule has 0 radical (unpaired) electrons. The maximum absolute atomic E-state index is 11.5. The van der Waals surface area contributed by atoms with Gasteiger partial charge in [0.2, 0.25) is 5.91 Å². The first-order valence-corrected chi connectivity index (χ1v) is 6.53. The summed E-state index contributed by atoms with van der Waals surface area (Å²) >= 11 is 3.68.